The van der Waals surface area contributed by atoms with Crippen LogP contribution in [0.5, 0.6) is 11.5 Å². The standard InChI is InChI=1S/C26H32N2O6/c1-3-33-23-9-4-5-10-24(23)34-17-16-28(26(31)32)15-7-6-8-22(29)20-11-13-21-19(18-20)12-14-25(30)27(21)2/h4-5,9-11,13,18H,3,6-8,12,14-17H2,1-2H3,(H,31,32). The van der Waals surface area contributed by atoms with Crippen molar-refractivity contribution in [2.75, 3.05) is 38.3 Å². The first-order valence-corrected chi connectivity index (χ1v) is 11.7. The molecule has 0 saturated carbocycles. The molecule has 2 aromatic carbocycles. The summed E-state index contributed by atoms with van der Waals surface area (Å²) in [6.07, 6.45) is 1.60. The highest BCUT2D eigenvalue weighted by Crippen LogP contribution is 2.28. The normalized spacial score (nSPS) is 12.8. The minimum Gasteiger partial charge on any atom is -0.490 e. The lowest BCUT2D eigenvalue weighted by atomic mass is 9.96. The number of aryl methyl sites for hydroxylation is 1. The molecule has 2 amide bonds. The number of carboxylic acid groups (broad SMARTS) is 1. The number of fused-ring (bicyclic) bond motifs is 1. The second-order valence-corrected chi connectivity index (χ2v) is 8.17. The van der Waals surface area contributed by atoms with Crippen molar-refractivity contribution in [3.05, 3.63) is 53.6 Å². The molecule has 1 N–H and O–H groups in total. The molecule has 0 spiro atoms. The van der Waals surface area contributed by atoms with Gasteiger partial charge in [0.2, 0.25) is 5.91 Å². The first kappa shape index (κ1) is 25.1. The van der Waals surface area contributed by atoms with Crippen molar-refractivity contribution in [3.8, 4) is 11.5 Å². The van der Waals surface area contributed by atoms with E-state index in [1.54, 1.807) is 24.1 Å². The van der Waals surface area contributed by atoms with Gasteiger partial charge in [-0.3, -0.25) is 9.59 Å². The lowest BCUT2D eigenvalue weighted by Gasteiger charge is -2.26. The van der Waals surface area contributed by atoms with Crippen LogP contribution in [0.3, 0.4) is 0 Å². The third kappa shape index (κ3) is 6.50. The van der Waals surface area contributed by atoms with Gasteiger partial charge in [-0.1, -0.05) is 12.1 Å². The van der Waals surface area contributed by atoms with Gasteiger partial charge < -0.3 is 24.4 Å². The topological polar surface area (TPSA) is 96.4 Å². The van der Waals surface area contributed by atoms with Gasteiger partial charge in [-0.2, -0.15) is 0 Å². The van der Waals surface area contributed by atoms with Crippen molar-refractivity contribution in [2.24, 2.45) is 0 Å². The van der Waals surface area contributed by atoms with Crippen LogP contribution in [0.2, 0.25) is 0 Å². The van der Waals surface area contributed by atoms with E-state index in [0.29, 0.717) is 62.3 Å². The van der Waals surface area contributed by atoms with Crippen LogP contribution in [0, 0.1) is 0 Å². The maximum absolute atomic E-state index is 12.6. The molecule has 0 bridgehead atoms. The van der Waals surface area contributed by atoms with Gasteiger partial charge in [-0.25, -0.2) is 4.79 Å². The molecule has 0 atom stereocenters. The van der Waals surface area contributed by atoms with Crippen LogP contribution < -0.4 is 14.4 Å². The Morgan fingerprint density at radius 1 is 1.03 bits per heavy atom. The molecule has 1 heterocycles. The first-order valence-electron chi connectivity index (χ1n) is 11.7. The molecule has 0 aliphatic carbocycles. The summed E-state index contributed by atoms with van der Waals surface area (Å²) in [5.41, 5.74) is 2.50. The summed E-state index contributed by atoms with van der Waals surface area (Å²) in [6.45, 7) is 3.17. The SMILES string of the molecule is CCOc1ccccc1OCCN(CCCCC(=O)c1ccc2c(c1)CCC(=O)N2C)C(=O)O. The molecular formula is C26H32N2O6. The van der Waals surface area contributed by atoms with Gasteiger partial charge in [0.1, 0.15) is 6.61 Å². The number of Topliss-reactive ketones (excluding diaryl/α,β-unsaturated/α-hetero) is 1. The van der Waals surface area contributed by atoms with Gasteiger partial charge in [0, 0.05) is 37.7 Å². The van der Waals surface area contributed by atoms with Gasteiger partial charge in [0.15, 0.2) is 17.3 Å². The highest BCUT2D eigenvalue weighted by atomic mass is 16.5. The maximum Gasteiger partial charge on any atom is 0.407 e. The fourth-order valence-electron chi connectivity index (χ4n) is 3.98. The largest absolute Gasteiger partial charge is 0.490 e. The van der Waals surface area contributed by atoms with E-state index in [9.17, 15) is 19.5 Å². The Kier molecular flexibility index (Phi) is 8.90. The predicted octanol–water partition coefficient (Wildman–Crippen LogP) is 4.41. The molecule has 0 fully saturated rings. The fraction of sp³-hybridized carbons (Fsp3) is 0.423. The summed E-state index contributed by atoms with van der Waals surface area (Å²) in [5.74, 6) is 1.32. The van der Waals surface area contributed by atoms with Gasteiger partial charge in [0.25, 0.3) is 0 Å². The molecule has 1 aliphatic heterocycles. The summed E-state index contributed by atoms with van der Waals surface area (Å²) in [5, 5.41) is 9.50. The van der Waals surface area contributed by atoms with Crippen LogP contribution in [0.4, 0.5) is 10.5 Å². The molecule has 34 heavy (non-hydrogen) atoms. The third-order valence-electron chi connectivity index (χ3n) is 5.87. The third-order valence-corrected chi connectivity index (χ3v) is 5.87. The Morgan fingerprint density at radius 2 is 1.76 bits per heavy atom. The fourth-order valence-corrected chi connectivity index (χ4v) is 3.98. The van der Waals surface area contributed by atoms with Crippen LogP contribution in [0.15, 0.2) is 42.5 Å². The van der Waals surface area contributed by atoms with Gasteiger partial charge in [-0.15, -0.1) is 0 Å². The minimum absolute atomic E-state index is 0.0279. The van der Waals surface area contributed by atoms with Crippen LogP contribution >= 0.6 is 0 Å². The highest BCUT2D eigenvalue weighted by molar-refractivity contribution is 5.99. The predicted molar refractivity (Wildman–Crippen MR) is 129 cm³/mol. The van der Waals surface area contributed by atoms with Gasteiger partial charge >= 0.3 is 6.09 Å². The van der Waals surface area contributed by atoms with E-state index in [2.05, 4.69) is 0 Å². The van der Waals surface area contributed by atoms with E-state index in [4.69, 9.17) is 9.47 Å². The van der Waals surface area contributed by atoms with Crippen molar-refractivity contribution in [3.63, 3.8) is 0 Å². The summed E-state index contributed by atoms with van der Waals surface area (Å²) in [7, 11) is 1.75. The van der Waals surface area contributed by atoms with Crippen molar-refractivity contribution >= 4 is 23.5 Å². The Labute approximate surface area is 200 Å². The molecule has 8 heteroatoms. The second-order valence-electron chi connectivity index (χ2n) is 8.17. The van der Waals surface area contributed by atoms with Gasteiger partial charge in [-0.05, 0) is 62.1 Å². The van der Waals surface area contributed by atoms with Crippen LogP contribution in [0.25, 0.3) is 0 Å². The maximum atomic E-state index is 12.6. The monoisotopic (exact) mass is 468 g/mol. The molecule has 0 aromatic heterocycles. The number of rotatable bonds is 12. The van der Waals surface area contributed by atoms with E-state index in [1.807, 2.05) is 37.3 Å². The Morgan fingerprint density at radius 3 is 2.47 bits per heavy atom. The number of ether oxygens (including phenoxy) is 2. The van der Waals surface area contributed by atoms with Crippen LogP contribution in [-0.2, 0) is 11.2 Å². The molecule has 3 rings (SSSR count). The quantitative estimate of drug-likeness (QED) is 0.366. The van der Waals surface area contributed by atoms with Crippen LogP contribution in [-0.4, -0.2) is 61.1 Å². The molecule has 0 unspecified atom stereocenters. The molecule has 0 saturated heterocycles. The minimum atomic E-state index is -1.01. The lowest BCUT2D eigenvalue weighted by molar-refractivity contribution is -0.118. The summed E-state index contributed by atoms with van der Waals surface area (Å²) < 4.78 is 11.2. The average Bonchev–Trinajstić information content (AvgIpc) is 2.83. The number of anilines is 1. The van der Waals surface area contributed by atoms with E-state index in [1.165, 1.54) is 4.90 Å². The number of carbonyl (C=O) groups excluding carboxylic acids is 2. The molecule has 2 aromatic rings. The Bertz CT molecular complexity index is 1020. The van der Waals surface area contributed by atoms with E-state index in [0.717, 1.165) is 11.3 Å². The first-order chi connectivity index (χ1) is 16.4. The molecular weight excluding hydrogens is 436 g/mol. The molecule has 1 aliphatic rings. The van der Waals surface area contributed by atoms with Crippen molar-refractivity contribution in [2.45, 2.75) is 39.0 Å². The average molecular weight is 469 g/mol. The van der Waals surface area contributed by atoms with Crippen molar-refractivity contribution in [1.82, 2.24) is 4.90 Å². The second kappa shape index (κ2) is 12.1. The Hall–Kier alpha value is -3.55. The van der Waals surface area contributed by atoms with E-state index in [-0.39, 0.29) is 24.8 Å². The summed E-state index contributed by atoms with van der Waals surface area (Å²) >= 11 is 0. The number of nitrogens with zero attached hydrogens (tertiary/aromatic N) is 2. The van der Waals surface area contributed by atoms with Crippen molar-refractivity contribution in [1.29, 1.82) is 0 Å². The van der Waals surface area contributed by atoms with Crippen molar-refractivity contribution < 1.29 is 29.0 Å². The number of amides is 2. The van der Waals surface area contributed by atoms with E-state index >= 15 is 0 Å². The Balaban J connectivity index is 1.44. The molecule has 0 radical (unpaired) electrons. The number of hydrogen-bond acceptors (Lipinski definition) is 5. The van der Waals surface area contributed by atoms with Crippen LogP contribution in [0.1, 0.15) is 48.5 Å². The number of ketones is 1. The van der Waals surface area contributed by atoms with Gasteiger partial charge in [0.05, 0.1) is 13.2 Å². The number of benzene rings is 2. The zero-order chi connectivity index (χ0) is 24.5. The summed E-state index contributed by atoms with van der Waals surface area (Å²) in [6, 6.07) is 12.8. The smallest absolute Gasteiger partial charge is 0.407 e. The van der Waals surface area contributed by atoms with E-state index < -0.39 is 6.09 Å². The lowest BCUT2D eigenvalue weighted by Crippen LogP contribution is -2.34. The molecule has 182 valence electrons. The zero-order valence-corrected chi connectivity index (χ0v) is 19.8. The number of unbranched alkanes of at least 4 members (excludes halogenated alkanes) is 1. The number of carbonyl (C=O) groups is 3. The molecule has 8 nitrogen and oxygen atoms in total. The number of hydrogen-bond donors (Lipinski definition) is 1. The highest BCUT2D eigenvalue weighted by Gasteiger charge is 2.21. The zero-order valence-electron chi connectivity index (χ0n) is 19.8. The number of para-hydroxylation sites is 2. The summed E-state index contributed by atoms with van der Waals surface area (Å²) in [4.78, 5) is 39.0.